The van der Waals surface area contributed by atoms with Crippen molar-refractivity contribution >= 4 is 5.78 Å². The molecule has 0 fully saturated rings. The molecule has 0 aromatic heterocycles. The highest BCUT2D eigenvalue weighted by Gasteiger charge is 2.33. The Hall–Kier alpha value is -2.57. The summed E-state index contributed by atoms with van der Waals surface area (Å²) in [5, 5.41) is 0. The van der Waals surface area contributed by atoms with Crippen LogP contribution in [-0.4, -0.2) is 75.2 Å². The van der Waals surface area contributed by atoms with Crippen LogP contribution in [0.2, 0.25) is 0 Å². The van der Waals surface area contributed by atoms with Crippen LogP contribution in [0.4, 0.5) is 0 Å². The molecule has 0 bridgehead atoms. The molecular weight excluding hydrogens is 428 g/mol. The summed E-state index contributed by atoms with van der Waals surface area (Å²) in [4.78, 5) is 18.0. The minimum Gasteiger partial charge on any atom is -0.496 e. The number of methoxy groups -OCH3 is 1. The van der Waals surface area contributed by atoms with E-state index >= 15 is 0 Å². The molecule has 2 aromatic carbocycles. The second-order valence-corrected chi connectivity index (χ2v) is 8.51. The molecule has 0 saturated heterocycles. The summed E-state index contributed by atoms with van der Waals surface area (Å²) in [7, 11) is 1.63. The van der Waals surface area contributed by atoms with Gasteiger partial charge in [-0.1, -0.05) is 39.8 Å². The van der Waals surface area contributed by atoms with Gasteiger partial charge in [-0.25, -0.2) is 0 Å². The molecule has 0 N–H and O–H groups in total. The van der Waals surface area contributed by atoms with Crippen molar-refractivity contribution in [2.75, 3.05) is 59.6 Å². The van der Waals surface area contributed by atoms with Crippen LogP contribution < -0.4 is 14.2 Å². The number of benzene rings is 2. The standard InChI is InChI=1S/C28H40N2O4/c1-6-29(7-2)15-11-17-33-21-19-23-27(25(20-21)32-5)26-22(28(23)31)13-10-14-24(26)34-18-12-16-30(8-3)9-4/h10,13-14,19-20H,6-9,11-12,15-18H2,1-5H3. The van der Waals surface area contributed by atoms with Crippen LogP contribution in [0.5, 0.6) is 17.2 Å². The number of carbonyl (C=O) groups excluding carboxylic acids is 1. The molecule has 186 valence electrons. The Balaban J connectivity index is 1.76. The number of hydrogen-bond donors (Lipinski definition) is 0. The fourth-order valence-electron chi connectivity index (χ4n) is 4.54. The zero-order valence-electron chi connectivity index (χ0n) is 21.5. The van der Waals surface area contributed by atoms with Crippen molar-refractivity contribution in [2.45, 2.75) is 40.5 Å². The quantitative estimate of drug-likeness (QED) is 0.288. The molecule has 6 heteroatoms. The Kier molecular flexibility index (Phi) is 9.78. The van der Waals surface area contributed by atoms with E-state index in [1.165, 1.54) is 0 Å². The molecule has 0 unspecified atom stereocenters. The maximum absolute atomic E-state index is 13.3. The van der Waals surface area contributed by atoms with Gasteiger partial charge < -0.3 is 24.0 Å². The highest BCUT2D eigenvalue weighted by Crippen LogP contribution is 2.48. The van der Waals surface area contributed by atoms with Crippen molar-refractivity contribution in [3.63, 3.8) is 0 Å². The second kappa shape index (κ2) is 12.8. The molecule has 0 saturated carbocycles. The normalized spacial score (nSPS) is 12.3. The average molecular weight is 469 g/mol. The molecule has 0 radical (unpaired) electrons. The summed E-state index contributed by atoms with van der Waals surface area (Å²) < 4.78 is 17.9. The van der Waals surface area contributed by atoms with Gasteiger partial charge in [-0.15, -0.1) is 0 Å². The van der Waals surface area contributed by atoms with Crippen LogP contribution in [0.1, 0.15) is 56.5 Å². The number of nitrogens with zero attached hydrogens (tertiary/aromatic N) is 2. The lowest BCUT2D eigenvalue weighted by Crippen LogP contribution is -2.25. The van der Waals surface area contributed by atoms with Crippen LogP contribution in [0.3, 0.4) is 0 Å². The van der Waals surface area contributed by atoms with Crippen molar-refractivity contribution in [1.82, 2.24) is 9.80 Å². The summed E-state index contributed by atoms with van der Waals surface area (Å²) in [5.41, 5.74) is 2.91. The molecule has 0 atom stereocenters. The molecule has 0 aliphatic heterocycles. The predicted molar refractivity (Wildman–Crippen MR) is 138 cm³/mol. The zero-order valence-corrected chi connectivity index (χ0v) is 21.5. The van der Waals surface area contributed by atoms with E-state index in [0.717, 1.165) is 69.0 Å². The Bertz CT molecular complexity index is 952. The second-order valence-electron chi connectivity index (χ2n) is 8.51. The molecule has 6 nitrogen and oxygen atoms in total. The summed E-state index contributed by atoms with van der Waals surface area (Å²) in [6, 6.07) is 9.43. The largest absolute Gasteiger partial charge is 0.496 e. The lowest BCUT2D eigenvalue weighted by Gasteiger charge is -2.19. The molecule has 0 heterocycles. The predicted octanol–water partition coefficient (Wildman–Crippen LogP) is 5.13. The smallest absolute Gasteiger partial charge is 0.194 e. The molecule has 0 spiro atoms. The molecule has 34 heavy (non-hydrogen) atoms. The van der Waals surface area contributed by atoms with Gasteiger partial charge in [-0.2, -0.15) is 0 Å². The van der Waals surface area contributed by atoms with Crippen LogP contribution in [0.25, 0.3) is 11.1 Å². The van der Waals surface area contributed by atoms with E-state index in [-0.39, 0.29) is 5.78 Å². The van der Waals surface area contributed by atoms with E-state index in [1.54, 1.807) is 7.11 Å². The molecular formula is C28H40N2O4. The molecule has 3 rings (SSSR count). The first-order valence-corrected chi connectivity index (χ1v) is 12.7. The number of ketones is 1. The van der Waals surface area contributed by atoms with Gasteiger partial charge in [-0.3, -0.25) is 4.79 Å². The average Bonchev–Trinajstić information content (AvgIpc) is 3.16. The summed E-state index contributed by atoms with van der Waals surface area (Å²) in [6.07, 6.45) is 1.87. The molecule has 2 aromatic rings. The molecule has 1 aliphatic rings. The van der Waals surface area contributed by atoms with Gasteiger partial charge in [0, 0.05) is 41.4 Å². The van der Waals surface area contributed by atoms with Gasteiger partial charge in [0.25, 0.3) is 0 Å². The third-order valence-corrected chi connectivity index (χ3v) is 6.61. The van der Waals surface area contributed by atoms with E-state index < -0.39 is 0 Å². The summed E-state index contributed by atoms with van der Waals surface area (Å²) >= 11 is 0. The molecule has 0 amide bonds. The fourth-order valence-corrected chi connectivity index (χ4v) is 4.54. The number of ether oxygens (including phenoxy) is 3. The molecule has 1 aliphatic carbocycles. The topological polar surface area (TPSA) is 51.2 Å². The van der Waals surface area contributed by atoms with Crippen molar-refractivity contribution in [2.24, 2.45) is 0 Å². The number of hydrogen-bond acceptors (Lipinski definition) is 6. The monoisotopic (exact) mass is 468 g/mol. The Morgan fingerprint density at radius 2 is 1.32 bits per heavy atom. The van der Waals surface area contributed by atoms with E-state index in [1.807, 2.05) is 30.3 Å². The summed E-state index contributed by atoms with van der Waals surface area (Å²) in [5.74, 6) is 2.03. The van der Waals surface area contributed by atoms with Crippen molar-refractivity contribution < 1.29 is 19.0 Å². The number of carbonyl (C=O) groups is 1. The van der Waals surface area contributed by atoms with Crippen LogP contribution in [-0.2, 0) is 0 Å². The Labute approximate surface area is 204 Å². The Morgan fingerprint density at radius 1 is 0.735 bits per heavy atom. The van der Waals surface area contributed by atoms with E-state index in [2.05, 4.69) is 37.5 Å². The third-order valence-electron chi connectivity index (χ3n) is 6.61. The van der Waals surface area contributed by atoms with Crippen LogP contribution >= 0.6 is 0 Å². The van der Waals surface area contributed by atoms with Gasteiger partial charge in [0.05, 0.1) is 20.3 Å². The first-order valence-electron chi connectivity index (χ1n) is 12.7. The van der Waals surface area contributed by atoms with Crippen LogP contribution in [0, 0.1) is 0 Å². The van der Waals surface area contributed by atoms with Crippen molar-refractivity contribution in [3.8, 4) is 28.4 Å². The lowest BCUT2D eigenvalue weighted by molar-refractivity contribution is 0.104. The lowest BCUT2D eigenvalue weighted by atomic mass is 10.0. The Morgan fingerprint density at radius 3 is 1.91 bits per heavy atom. The maximum atomic E-state index is 13.3. The minimum absolute atomic E-state index is 0.00881. The summed E-state index contributed by atoms with van der Waals surface area (Å²) in [6.45, 7) is 16.0. The van der Waals surface area contributed by atoms with Crippen molar-refractivity contribution in [3.05, 3.63) is 41.5 Å². The first-order chi connectivity index (χ1) is 16.6. The van der Waals surface area contributed by atoms with Crippen molar-refractivity contribution in [1.29, 1.82) is 0 Å². The van der Waals surface area contributed by atoms with Gasteiger partial charge in [-0.05, 0) is 51.2 Å². The number of fused-ring (bicyclic) bond motifs is 3. The fraction of sp³-hybridized carbons (Fsp3) is 0.536. The van der Waals surface area contributed by atoms with Gasteiger partial charge in [0.15, 0.2) is 5.78 Å². The SMILES string of the molecule is CCN(CC)CCCOc1cc(OC)c2c(c1)C(=O)c1cccc(OCCCN(CC)CC)c1-2. The number of rotatable bonds is 15. The van der Waals surface area contributed by atoms with Gasteiger partial charge in [0.1, 0.15) is 17.2 Å². The van der Waals surface area contributed by atoms with Crippen LogP contribution in [0.15, 0.2) is 30.3 Å². The highest BCUT2D eigenvalue weighted by molar-refractivity contribution is 6.23. The minimum atomic E-state index is -0.00881. The van der Waals surface area contributed by atoms with E-state index in [4.69, 9.17) is 14.2 Å². The maximum Gasteiger partial charge on any atom is 0.194 e. The van der Waals surface area contributed by atoms with Gasteiger partial charge >= 0.3 is 0 Å². The zero-order chi connectivity index (χ0) is 24.5. The van der Waals surface area contributed by atoms with E-state index in [0.29, 0.717) is 35.8 Å². The first kappa shape index (κ1) is 26.0. The highest BCUT2D eigenvalue weighted by atomic mass is 16.5. The third kappa shape index (κ3) is 5.91. The van der Waals surface area contributed by atoms with E-state index in [9.17, 15) is 4.79 Å². The van der Waals surface area contributed by atoms with Gasteiger partial charge in [0.2, 0.25) is 0 Å².